The number of carboxylic acids is 1. The quantitative estimate of drug-likeness (QED) is 0.405. The Labute approximate surface area is 210 Å². The van der Waals surface area contributed by atoms with Gasteiger partial charge in [0.1, 0.15) is 11.6 Å². The van der Waals surface area contributed by atoms with Gasteiger partial charge in [0.15, 0.2) is 0 Å². The van der Waals surface area contributed by atoms with Crippen LogP contribution in [-0.2, 0) is 36.9 Å². The molecule has 0 unspecified atom stereocenters. The molecule has 0 amide bonds. The van der Waals surface area contributed by atoms with Crippen LogP contribution in [0.5, 0.6) is 5.75 Å². The highest BCUT2D eigenvalue weighted by atomic mass is 32.2. The number of nitrogens with zero attached hydrogens (tertiary/aromatic N) is 1. The molecule has 1 atom stereocenters. The summed E-state index contributed by atoms with van der Waals surface area (Å²) in [5.74, 6) is -5.06. The van der Waals surface area contributed by atoms with Gasteiger partial charge < -0.3 is 14.6 Å². The second-order valence-electron chi connectivity index (χ2n) is 8.58. The average Bonchev–Trinajstić information content (AvgIpc) is 2.76. The van der Waals surface area contributed by atoms with Crippen LogP contribution in [0.25, 0.3) is 0 Å². The van der Waals surface area contributed by atoms with Gasteiger partial charge in [0.05, 0.1) is 29.1 Å². The summed E-state index contributed by atoms with van der Waals surface area (Å²) in [6.45, 7) is 0.298. The van der Waals surface area contributed by atoms with E-state index < -0.39 is 80.9 Å². The van der Waals surface area contributed by atoms with Crippen molar-refractivity contribution in [2.75, 3.05) is 10.8 Å². The number of sulfonamides is 1. The van der Waals surface area contributed by atoms with Gasteiger partial charge in [0, 0.05) is 0 Å². The van der Waals surface area contributed by atoms with Gasteiger partial charge in [-0.05, 0) is 49.7 Å². The number of rotatable bonds is 6. The lowest BCUT2D eigenvalue weighted by atomic mass is 10.1. The number of aliphatic carboxylic acids is 1. The van der Waals surface area contributed by atoms with Crippen LogP contribution in [0.15, 0.2) is 41.3 Å². The highest BCUT2D eigenvalue weighted by molar-refractivity contribution is 7.92. The van der Waals surface area contributed by atoms with Gasteiger partial charge in [-0.3, -0.25) is 9.10 Å². The van der Waals surface area contributed by atoms with E-state index in [1.165, 1.54) is 0 Å². The van der Waals surface area contributed by atoms with Crippen molar-refractivity contribution < 1.29 is 63.3 Å². The van der Waals surface area contributed by atoms with Gasteiger partial charge in [-0.2, -0.15) is 26.3 Å². The molecular formula is C22H18F7NO7S. The molecule has 1 N–H and O–H groups in total. The van der Waals surface area contributed by atoms with Crippen molar-refractivity contribution in [3.63, 3.8) is 0 Å². The fourth-order valence-electron chi connectivity index (χ4n) is 3.32. The van der Waals surface area contributed by atoms with Crippen LogP contribution in [0.4, 0.5) is 36.4 Å². The maximum Gasteiger partial charge on any atom is 0.427 e. The second-order valence-corrected chi connectivity index (χ2v) is 10.4. The number of anilines is 1. The van der Waals surface area contributed by atoms with E-state index >= 15 is 0 Å². The molecule has 0 fully saturated rings. The van der Waals surface area contributed by atoms with Gasteiger partial charge >= 0.3 is 24.3 Å². The molecular weight excluding hydrogens is 555 g/mol. The van der Waals surface area contributed by atoms with Crippen molar-refractivity contribution in [1.29, 1.82) is 0 Å². The predicted octanol–water partition coefficient (Wildman–Crippen LogP) is 4.31. The van der Waals surface area contributed by atoms with Crippen LogP contribution in [0.3, 0.4) is 0 Å². The van der Waals surface area contributed by atoms with Gasteiger partial charge in [-0.1, -0.05) is 6.07 Å². The number of benzene rings is 2. The second kappa shape index (κ2) is 9.63. The monoisotopic (exact) mass is 573 g/mol. The molecule has 8 nitrogen and oxygen atoms in total. The van der Waals surface area contributed by atoms with E-state index in [2.05, 4.69) is 4.74 Å². The van der Waals surface area contributed by atoms with Crippen LogP contribution in [-0.4, -0.2) is 49.9 Å². The minimum absolute atomic E-state index is 0.0377. The molecule has 1 aliphatic rings. The van der Waals surface area contributed by atoms with Crippen molar-refractivity contribution in [3.8, 4) is 5.75 Å². The minimum atomic E-state index is -5.25. The van der Waals surface area contributed by atoms with Crippen molar-refractivity contribution >= 4 is 27.6 Å². The zero-order chi connectivity index (χ0) is 28.8. The Kier molecular flexibility index (Phi) is 7.35. The topological polar surface area (TPSA) is 110 Å². The Morgan fingerprint density at radius 1 is 1.08 bits per heavy atom. The number of hydrogen-bond donors (Lipinski definition) is 1. The summed E-state index contributed by atoms with van der Waals surface area (Å²) in [4.78, 5) is 22.6. The molecule has 0 bridgehead atoms. The molecule has 38 heavy (non-hydrogen) atoms. The average molecular weight is 573 g/mol. The summed E-state index contributed by atoms with van der Waals surface area (Å²) < 4.78 is 129. The van der Waals surface area contributed by atoms with E-state index in [1.54, 1.807) is 0 Å². The number of ether oxygens (including phenoxy) is 2. The number of esters is 1. The highest BCUT2D eigenvalue weighted by Crippen LogP contribution is 2.40. The first kappa shape index (κ1) is 29.0. The molecule has 3 rings (SSSR count). The fraction of sp³-hybridized carbons (Fsp3) is 0.364. The summed E-state index contributed by atoms with van der Waals surface area (Å²) in [7, 11) is -4.98. The first-order valence-electron chi connectivity index (χ1n) is 10.4. The summed E-state index contributed by atoms with van der Waals surface area (Å²) in [5.41, 5.74) is -5.23. The molecule has 1 aliphatic heterocycles. The van der Waals surface area contributed by atoms with Crippen LogP contribution >= 0.6 is 0 Å². The molecule has 16 heteroatoms. The van der Waals surface area contributed by atoms with Crippen molar-refractivity contribution in [2.24, 2.45) is 0 Å². The molecule has 0 saturated carbocycles. The van der Waals surface area contributed by atoms with E-state index in [9.17, 15) is 53.8 Å². The Bertz CT molecular complexity index is 1370. The lowest BCUT2D eigenvalue weighted by Crippen LogP contribution is -2.47. The van der Waals surface area contributed by atoms with Crippen LogP contribution < -0.4 is 9.04 Å². The van der Waals surface area contributed by atoms with Crippen LogP contribution in [0, 0.1) is 5.82 Å². The predicted molar refractivity (Wildman–Crippen MR) is 114 cm³/mol. The summed E-state index contributed by atoms with van der Waals surface area (Å²) >= 11 is 0. The smallest absolute Gasteiger partial charge is 0.427 e. The number of hydrogen-bond acceptors (Lipinski definition) is 6. The van der Waals surface area contributed by atoms with Gasteiger partial charge in [0.2, 0.25) is 11.7 Å². The van der Waals surface area contributed by atoms with E-state index in [0.29, 0.717) is 24.2 Å². The number of carbonyl (C=O) groups is 2. The van der Waals surface area contributed by atoms with E-state index in [4.69, 9.17) is 4.74 Å². The first-order valence-corrected chi connectivity index (χ1v) is 11.9. The molecule has 208 valence electrons. The Hall–Kier alpha value is -3.56. The SMILES string of the molecule is CC(C)(OC(=O)Cc1ccc2c(c1)N(S(=O)(=O)c1ccc(F)c(C(F)(F)F)c1)C[C@H](C(=O)O)O2)C(F)(F)F. The van der Waals surface area contributed by atoms with Gasteiger partial charge in [0.25, 0.3) is 10.0 Å². The molecule has 2 aromatic carbocycles. The minimum Gasteiger partial charge on any atom is -0.478 e. The third-order valence-electron chi connectivity index (χ3n) is 5.40. The van der Waals surface area contributed by atoms with Crippen LogP contribution in [0.1, 0.15) is 25.0 Å². The molecule has 0 saturated heterocycles. The first-order chi connectivity index (χ1) is 17.2. The summed E-state index contributed by atoms with van der Waals surface area (Å²) in [6.07, 6.45) is -12.7. The standard InChI is InChI=1S/C22H18F7NO7S/c1-20(2,22(27,28)29)37-18(31)8-11-3-6-16-15(7-11)30(10-17(36-16)19(32)33)38(34,35)12-4-5-14(23)13(9-12)21(24,25)26/h3-7,9,17H,8,10H2,1-2H3,(H,32,33)/t17-/m1/s1. The highest BCUT2D eigenvalue weighted by Gasteiger charge is 2.50. The van der Waals surface area contributed by atoms with Gasteiger partial charge in [-0.25, -0.2) is 17.6 Å². The zero-order valence-corrected chi connectivity index (χ0v) is 20.2. The Balaban J connectivity index is 2.04. The molecule has 0 spiro atoms. The Morgan fingerprint density at radius 3 is 2.26 bits per heavy atom. The van der Waals surface area contributed by atoms with Crippen molar-refractivity contribution in [1.82, 2.24) is 0 Å². The number of alkyl halides is 6. The molecule has 1 heterocycles. The number of carboxylic acid groups (broad SMARTS) is 1. The summed E-state index contributed by atoms with van der Waals surface area (Å²) in [6, 6.07) is 4.01. The summed E-state index contributed by atoms with van der Waals surface area (Å²) in [5, 5.41) is 9.35. The van der Waals surface area contributed by atoms with Crippen LogP contribution in [0.2, 0.25) is 0 Å². The number of halogens is 7. The lowest BCUT2D eigenvalue weighted by molar-refractivity contribution is -0.257. The maximum atomic E-state index is 13.7. The van der Waals surface area contributed by atoms with E-state index in [0.717, 1.165) is 18.2 Å². The third kappa shape index (κ3) is 5.79. The molecule has 0 aromatic heterocycles. The van der Waals surface area contributed by atoms with Crippen molar-refractivity contribution in [2.45, 2.75) is 49.2 Å². The lowest BCUT2D eigenvalue weighted by Gasteiger charge is -2.34. The largest absolute Gasteiger partial charge is 0.478 e. The van der Waals surface area contributed by atoms with E-state index in [-0.39, 0.29) is 23.4 Å². The van der Waals surface area contributed by atoms with E-state index in [1.807, 2.05) is 0 Å². The Morgan fingerprint density at radius 2 is 1.71 bits per heavy atom. The maximum absolute atomic E-state index is 13.7. The normalized spacial score (nSPS) is 16.4. The molecule has 2 aromatic rings. The molecule has 0 aliphatic carbocycles. The fourth-order valence-corrected chi connectivity index (χ4v) is 4.81. The molecule has 0 radical (unpaired) electrons. The van der Waals surface area contributed by atoms with Gasteiger partial charge in [-0.15, -0.1) is 0 Å². The number of carbonyl (C=O) groups excluding carboxylic acids is 1. The third-order valence-corrected chi connectivity index (χ3v) is 7.18. The number of fused-ring (bicyclic) bond motifs is 1. The zero-order valence-electron chi connectivity index (χ0n) is 19.4. The van der Waals surface area contributed by atoms with Crippen molar-refractivity contribution in [3.05, 3.63) is 53.3 Å².